The van der Waals surface area contributed by atoms with Crippen molar-refractivity contribution in [2.45, 2.75) is 102 Å². The van der Waals surface area contributed by atoms with Gasteiger partial charge in [0, 0.05) is 28.8 Å². The molecule has 7 rings (SSSR count). The minimum absolute atomic E-state index is 0.0391. The number of hydrogen-bond acceptors (Lipinski definition) is 11. The number of nitrogens with one attached hydrogen (secondary N) is 3. The molecule has 0 spiro atoms. The second-order valence-electron chi connectivity index (χ2n) is 17.0. The summed E-state index contributed by atoms with van der Waals surface area (Å²) < 4.78 is 40.3. The first kappa shape index (κ1) is 41.2. The lowest BCUT2D eigenvalue weighted by Gasteiger charge is -2.36. The number of fused-ring (bicyclic) bond motifs is 1. The average molecular weight is 829 g/mol. The van der Waals surface area contributed by atoms with Crippen molar-refractivity contribution in [3.05, 3.63) is 77.8 Å². The topological polar surface area (TPSA) is 169 Å². The van der Waals surface area contributed by atoms with Gasteiger partial charge in [-0.3, -0.25) is 19.1 Å². The van der Waals surface area contributed by atoms with Gasteiger partial charge in [-0.2, -0.15) is 0 Å². The summed E-state index contributed by atoms with van der Waals surface area (Å²) in [7, 11) is -2.27. The van der Waals surface area contributed by atoms with E-state index in [4.69, 9.17) is 19.4 Å². The number of amides is 3. The number of sulfonamides is 1. The minimum Gasteiger partial charge on any atom is -0.496 e. The van der Waals surface area contributed by atoms with Crippen LogP contribution < -0.4 is 24.8 Å². The molecule has 3 fully saturated rings. The molecule has 2 aliphatic carbocycles. The Bertz CT molecular complexity index is 2360. The van der Waals surface area contributed by atoms with E-state index in [1.807, 2.05) is 81.6 Å². The van der Waals surface area contributed by atoms with E-state index in [0.717, 1.165) is 32.7 Å². The standard InChI is InChI=1S/C43H52N6O7S2/c1-9-26-21-43(26,41(52)48-58(53,54)29-15-16-29)47-37(50)34-19-28(22-49(34)40(51)36(42(5,6)7)44-27-13-11-10-12-14-27)56-38-30-17-18-35(55-8)25(4)31(30)20-32(45-38)39-46-33(23-57-39)24(2)3/h9-14,17-18,20,23-24,26,28-29,34,36,44H,1,15-16,19,21-22H2,2-8H3,(H,47,50)(H,48,52). The summed E-state index contributed by atoms with van der Waals surface area (Å²) in [5.74, 6) is -0.968. The van der Waals surface area contributed by atoms with Crippen molar-refractivity contribution >= 4 is 55.5 Å². The van der Waals surface area contributed by atoms with Crippen LogP contribution in [0.2, 0.25) is 0 Å². The first-order valence-electron chi connectivity index (χ1n) is 19.7. The van der Waals surface area contributed by atoms with Gasteiger partial charge in [0.25, 0.3) is 5.91 Å². The van der Waals surface area contributed by atoms with Gasteiger partial charge < -0.3 is 25.0 Å². The molecule has 4 aromatic rings. The van der Waals surface area contributed by atoms with Gasteiger partial charge in [0.15, 0.2) is 0 Å². The van der Waals surface area contributed by atoms with Crippen molar-refractivity contribution in [2.24, 2.45) is 11.3 Å². The lowest BCUT2D eigenvalue weighted by Crippen LogP contribution is -2.58. The highest BCUT2D eigenvalue weighted by Crippen LogP contribution is 2.46. The van der Waals surface area contributed by atoms with Crippen molar-refractivity contribution in [3.8, 4) is 22.3 Å². The molecule has 1 saturated heterocycles. The van der Waals surface area contributed by atoms with Crippen molar-refractivity contribution in [2.75, 3.05) is 19.0 Å². The number of para-hydroxylation sites is 1. The summed E-state index contributed by atoms with van der Waals surface area (Å²) in [6.07, 6.45) is 2.05. The maximum absolute atomic E-state index is 14.9. The number of carbonyl (C=O) groups excluding carboxylic acids is 3. The van der Waals surface area contributed by atoms with Crippen LogP contribution >= 0.6 is 11.3 Å². The predicted molar refractivity (Wildman–Crippen MR) is 225 cm³/mol. The van der Waals surface area contributed by atoms with Crippen LogP contribution in [0.1, 0.15) is 77.5 Å². The average Bonchev–Trinajstić information content (AvgIpc) is 4.06. The van der Waals surface area contributed by atoms with Gasteiger partial charge >= 0.3 is 0 Å². The van der Waals surface area contributed by atoms with Crippen LogP contribution in [0.3, 0.4) is 0 Å². The SMILES string of the molecule is C=CC1CC1(NC(=O)C1CC(Oc2nc(-c3nc(C(C)C)cs3)cc3c(C)c(OC)ccc23)CN1C(=O)C(Nc1ccccc1)C(C)(C)C)C(=O)NS(=O)(=O)C1CC1. The normalized spacial score (nSPS) is 22.3. The summed E-state index contributed by atoms with van der Waals surface area (Å²) in [6, 6.07) is 13.3. The van der Waals surface area contributed by atoms with Crippen LogP contribution in [-0.4, -0.2) is 83.6 Å². The Morgan fingerprint density at radius 2 is 1.79 bits per heavy atom. The molecule has 15 heteroatoms. The van der Waals surface area contributed by atoms with Crippen LogP contribution in [0.15, 0.2) is 66.6 Å². The zero-order valence-corrected chi connectivity index (χ0v) is 35.6. The van der Waals surface area contributed by atoms with Gasteiger partial charge in [-0.25, -0.2) is 18.4 Å². The van der Waals surface area contributed by atoms with E-state index in [0.29, 0.717) is 30.2 Å². The van der Waals surface area contributed by atoms with Gasteiger partial charge in [-0.15, -0.1) is 17.9 Å². The number of aryl methyl sites for hydroxylation is 1. The summed E-state index contributed by atoms with van der Waals surface area (Å²) in [5, 5.41) is 10.00. The van der Waals surface area contributed by atoms with E-state index in [-0.39, 0.29) is 31.2 Å². The third-order valence-electron chi connectivity index (χ3n) is 11.3. The molecule has 3 N–H and O–H groups in total. The quantitative estimate of drug-likeness (QED) is 0.122. The number of aromatic nitrogens is 2. The highest BCUT2D eigenvalue weighted by atomic mass is 32.2. The Morgan fingerprint density at radius 3 is 2.40 bits per heavy atom. The molecule has 2 saturated carbocycles. The van der Waals surface area contributed by atoms with Crippen molar-refractivity contribution in [1.29, 1.82) is 0 Å². The van der Waals surface area contributed by atoms with Gasteiger partial charge in [-0.1, -0.05) is 58.9 Å². The maximum atomic E-state index is 14.9. The Morgan fingerprint density at radius 1 is 1.07 bits per heavy atom. The smallest absolute Gasteiger partial charge is 0.259 e. The molecule has 308 valence electrons. The summed E-state index contributed by atoms with van der Waals surface area (Å²) in [4.78, 5) is 54.4. The molecule has 3 heterocycles. The highest BCUT2D eigenvalue weighted by molar-refractivity contribution is 7.91. The first-order chi connectivity index (χ1) is 27.4. The second kappa shape index (κ2) is 15.6. The molecular weight excluding hydrogens is 777 g/mol. The molecular formula is C43H52N6O7S2. The van der Waals surface area contributed by atoms with Crippen LogP contribution in [0.5, 0.6) is 11.6 Å². The van der Waals surface area contributed by atoms with Gasteiger partial charge in [-0.05, 0) is 78.8 Å². The van der Waals surface area contributed by atoms with Crippen molar-refractivity contribution in [1.82, 2.24) is 24.9 Å². The molecule has 3 amide bonds. The van der Waals surface area contributed by atoms with E-state index in [2.05, 4.69) is 35.8 Å². The van der Waals surface area contributed by atoms with Gasteiger partial charge in [0.1, 0.15) is 40.2 Å². The number of likely N-dealkylation sites (tertiary alicyclic amines) is 1. The monoisotopic (exact) mass is 828 g/mol. The third kappa shape index (κ3) is 8.15. The number of methoxy groups -OCH3 is 1. The van der Waals surface area contributed by atoms with Crippen LogP contribution in [0.4, 0.5) is 5.69 Å². The number of pyridine rings is 1. The van der Waals surface area contributed by atoms with Gasteiger partial charge in [0.05, 0.1) is 24.6 Å². The van der Waals surface area contributed by atoms with E-state index in [1.165, 1.54) is 16.2 Å². The number of anilines is 1. The Labute approximate surface area is 344 Å². The molecule has 2 aromatic carbocycles. The van der Waals surface area contributed by atoms with E-state index >= 15 is 0 Å². The van der Waals surface area contributed by atoms with E-state index in [9.17, 15) is 22.8 Å². The van der Waals surface area contributed by atoms with Crippen LogP contribution in [0, 0.1) is 18.3 Å². The van der Waals surface area contributed by atoms with Gasteiger partial charge in [0.2, 0.25) is 27.7 Å². The number of thiazole rings is 1. The zero-order valence-electron chi connectivity index (χ0n) is 34.0. The first-order valence-corrected chi connectivity index (χ1v) is 22.1. The van der Waals surface area contributed by atoms with Crippen molar-refractivity contribution in [3.63, 3.8) is 0 Å². The molecule has 1 aliphatic heterocycles. The minimum atomic E-state index is -3.89. The molecule has 58 heavy (non-hydrogen) atoms. The Balaban J connectivity index is 1.24. The summed E-state index contributed by atoms with van der Waals surface area (Å²) >= 11 is 1.49. The molecule has 0 radical (unpaired) electrons. The number of carbonyl (C=O) groups is 3. The predicted octanol–water partition coefficient (Wildman–Crippen LogP) is 6.34. The molecule has 5 atom stereocenters. The molecule has 5 unspecified atom stereocenters. The molecule has 2 aromatic heterocycles. The fourth-order valence-corrected chi connectivity index (χ4v) is 9.88. The van der Waals surface area contributed by atoms with Crippen LogP contribution in [-0.2, 0) is 24.4 Å². The van der Waals surface area contributed by atoms with E-state index in [1.54, 1.807) is 13.2 Å². The van der Waals surface area contributed by atoms with E-state index < -0.39 is 62.1 Å². The lowest BCUT2D eigenvalue weighted by molar-refractivity contribution is -0.141. The molecule has 13 nitrogen and oxygen atoms in total. The highest BCUT2D eigenvalue weighted by Gasteiger charge is 2.62. The summed E-state index contributed by atoms with van der Waals surface area (Å²) in [6.45, 7) is 15.9. The van der Waals surface area contributed by atoms with Crippen LogP contribution in [0.25, 0.3) is 21.5 Å². The number of ether oxygens (including phenoxy) is 2. The third-order valence-corrected chi connectivity index (χ3v) is 14.0. The number of benzene rings is 2. The fourth-order valence-electron chi connectivity index (χ4n) is 7.58. The number of rotatable bonds is 14. The number of nitrogens with zero attached hydrogens (tertiary/aromatic N) is 3. The zero-order chi connectivity index (χ0) is 41.7. The summed E-state index contributed by atoms with van der Waals surface area (Å²) in [5.41, 5.74) is 1.09. The fraction of sp³-hybridized carbons (Fsp3) is 0.465. The maximum Gasteiger partial charge on any atom is 0.259 e. The van der Waals surface area contributed by atoms with Crippen molar-refractivity contribution < 1.29 is 32.3 Å². The Hall–Kier alpha value is -5.02. The molecule has 0 bridgehead atoms. The Kier molecular flexibility index (Phi) is 11.1. The molecule has 3 aliphatic rings. The lowest BCUT2D eigenvalue weighted by atomic mass is 9.85. The second-order valence-corrected chi connectivity index (χ2v) is 19.8. The number of hydrogen-bond donors (Lipinski definition) is 3. The largest absolute Gasteiger partial charge is 0.496 e.